The molecule has 0 saturated carbocycles. The largest absolute Gasteiger partial charge is 0.122 e. The number of hydrogen-bond donors (Lipinski definition) is 0. The zero-order chi connectivity index (χ0) is 11.4. The van der Waals surface area contributed by atoms with E-state index in [1.165, 1.54) is 0 Å². The first-order valence-corrected chi connectivity index (χ1v) is 6.31. The molecule has 0 N–H and O–H groups in total. The van der Waals surface area contributed by atoms with Gasteiger partial charge < -0.3 is 0 Å². The predicted octanol–water partition coefficient (Wildman–Crippen LogP) is 5.19. The second kappa shape index (κ2) is 5.98. The van der Waals surface area contributed by atoms with Crippen LogP contribution in [-0.4, -0.2) is 5.38 Å². The summed E-state index contributed by atoms with van der Waals surface area (Å²) in [4.78, 5) is 0. The highest BCUT2D eigenvalue weighted by Crippen LogP contribution is 2.25. The Labute approximate surface area is 107 Å². The molecule has 3 heteroatoms. The van der Waals surface area contributed by atoms with E-state index in [4.69, 9.17) is 34.8 Å². The van der Waals surface area contributed by atoms with Crippen molar-refractivity contribution >= 4 is 34.8 Å². The van der Waals surface area contributed by atoms with Crippen molar-refractivity contribution in [2.24, 2.45) is 5.92 Å². The van der Waals surface area contributed by atoms with Gasteiger partial charge in [-0.2, -0.15) is 0 Å². The maximum absolute atomic E-state index is 6.28. The molecular formula is C12H15Cl3. The fraction of sp³-hybridized carbons (Fsp3) is 0.500. The number of halogens is 3. The summed E-state index contributed by atoms with van der Waals surface area (Å²) < 4.78 is 0. The monoisotopic (exact) mass is 264 g/mol. The minimum atomic E-state index is 0.159. The van der Waals surface area contributed by atoms with Gasteiger partial charge in [-0.1, -0.05) is 49.5 Å². The summed E-state index contributed by atoms with van der Waals surface area (Å²) in [6, 6.07) is 5.69. The van der Waals surface area contributed by atoms with Crippen molar-refractivity contribution < 1.29 is 0 Å². The van der Waals surface area contributed by atoms with E-state index in [1.807, 2.05) is 18.2 Å². The number of benzene rings is 1. The van der Waals surface area contributed by atoms with Crippen LogP contribution in [0.25, 0.3) is 0 Å². The van der Waals surface area contributed by atoms with Crippen LogP contribution in [-0.2, 0) is 6.42 Å². The maximum Gasteiger partial charge on any atom is 0.0595 e. The highest BCUT2D eigenvalue weighted by atomic mass is 35.5. The second-order valence-corrected chi connectivity index (χ2v) is 5.23. The van der Waals surface area contributed by atoms with E-state index < -0.39 is 0 Å². The Bertz CT molecular complexity index is 323. The number of rotatable bonds is 4. The van der Waals surface area contributed by atoms with Gasteiger partial charge in [-0.25, -0.2) is 0 Å². The van der Waals surface area contributed by atoms with Gasteiger partial charge in [-0.3, -0.25) is 0 Å². The summed E-state index contributed by atoms with van der Waals surface area (Å²) in [5.41, 5.74) is 1.14. The van der Waals surface area contributed by atoms with Gasteiger partial charge in [0.2, 0.25) is 0 Å². The van der Waals surface area contributed by atoms with Crippen molar-refractivity contribution in [2.45, 2.75) is 32.1 Å². The first kappa shape index (κ1) is 13.2. The molecule has 0 aliphatic rings. The first-order valence-electron chi connectivity index (χ1n) is 5.12. The van der Waals surface area contributed by atoms with Crippen LogP contribution in [0, 0.1) is 5.92 Å². The molecule has 0 radical (unpaired) electrons. The molecule has 0 bridgehead atoms. The van der Waals surface area contributed by atoms with Crippen molar-refractivity contribution in [1.82, 2.24) is 0 Å². The van der Waals surface area contributed by atoms with Crippen molar-refractivity contribution in [1.29, 1.82) is 0 Å². The Kier molecular flexibility index (Phi) is 5.25. The van der Waals surface area contributed by atoms with Gasteiger partial charge in [0, 0.05) is 5.38 Å². The SMILES string of the molecule is CCC(C)C(Cl)Cc1ccc(Cl)c(Cl)c1. The topological polar surface area (TPSA) is 0 Å². The lowest BCUT2D eigenvalue weighted by molar-refractivity contribution is 0.525. The van der Waals surface area contributed by atoms with E-state index in [1.54, 1.807) is 0 Å². The molecule has 0 fully saturated rings. The smallest absolute Gasteiger partial charge is 0.0595 e. The molecule has 84 valence electrons. The molecule has 0 aromatic heterocycles. The van der Waals surface area contributed by atoms with Gasteiger partial charge in [-0.15, -0.1) is 11.6 Å². The molecule has 1 rings (SSSR count). The van der Waals surface area contributed by atoms with E-state index in [0.29, 0.717) is 16.0 Å². The molecule has 0 heterocycles. The highest BCUT2D eigenvalue weighted by molar-refractivity contribution is 6.42. The van der Waals surface area contributed by atoms with Crippen LogP contribution in [0.5, 0.6) is 0 Å². The number of alkyl halides is 1. The molecule has 0 aliphatic carbocycles. The molecule has 1 aromatic rings. The summed E-state index contributed by atoms with van der Waals surface area (Å²) in [6.45, 7) is 4.31. The van der Waals surface area contributed by atoms with Crippen molar-refractivity contribution in [3.05, 3.63) is 33.8 Å². The third-order valence-electron chi connectivity index (χ3n) is 2.68. The van der Waals surface area contributed by atoms with E-state index in [2.05, 4.69) is 13.8 Å². The van der Waals surface area contributed by atoms with Crippen molar-refractivity contribution in [3.8, 4) is 0 Å². The Balaban J connectivity index is 2.68. The van der Waals surface area contributed by atoms with Crippen molar-refractivity contribution in [2.75, 3.05) is 0 Å². The molecule has 0 spiro atoms. The Morgan fingerprint density at radius 1 is 1.20 bits per heavy atom. The third-order valence-corrected chi connectivity index (χ3v) is 4.00. The average molecular weight is 266 g/mol. The van der Waals surface area contributed by atoms with Crippen LogP contribution in [0.2, 0.25) is 10.0 Å². The lowest BCUT2D eigenvalue weighted by atomic mass is 9.98. The minimum Gasteiger partial charge on any atom is -0.122 e. The van der Waals surface area contributed by atoms with Crippen LogP contribution >= 0.6 is 34.8 Å². The lowest BCUT2D eigenvalue weighted by Crippen LogP contribution is -2.13. The molecule has 15 heavy (non-hydrogen) atoms. The summed E-state index contributed by atoms with van der Waals surface area (Å²) in [6.07, 6.45) is 1.93. The predicted molar refractivity (Wildman–Crippen MR) is 69.3 cm³/mol. The summed E-state index contributed by atoms with van der Waals surface area (Å²) in [5.74, 6) is 0.515. The minimum absolute atomic E-state index is 0.159. The quantitative estimate of drug-likeness (QED) is 0.657. The number of hydrogen-bond acceptors (Lipinski definition) is 0. The fourth-order valence-corrected chi connectivity index (χ4v) is 2.03. The van der Waals surface area contributed by atoms with Crippen molar-refractivity contribution in [3.63, 3.8) is 0 Å². The van der Waals surface area contributed by atoms with Gasteiger partial charge in [0.05, 0.1) is 10.0 Å². The average Bonchev–Trinajstić information content (AvgIpc) is 2.22. The summed E-state index contributed by atoms with van der Waals surface area (Å²) in [5, 5.41) is 1.35. The molecule has 0 saturated heterocycles. The van der Waals surface area contributed by atoms with E-state index >= 15 is 0 Å². The summed E-state index contributed by atoms with van der Waals surface area (Å²) >= 11 is 18.1. The summed E-state index contributed by atoms with van der Waals surface area (Å²) in [7, 11) is 0. The molecule has 2 unspecified atom stereocenters. The maximum atomic E-state index is 6.28. The second-order valence-electron chi connectivity index (χ2n) is 3.85. The van der Waals surface area contributed by atoms with Gasteiger partial charge in [0.25, 0.3) is 0 Å². The van der Waals surface area contributed by atoms with Gasteiger partial charge in [-0.05, 0) is 30.0 Å². The molecule has 0 amide bonds. The van der Waals surface area contributed by atoms with E-state index in [0.717, 1.165) is 18.4 Å². The van der Waals surface area contributed by atoms with Crippen LogP contribution in [0.1, 0.15) is 25.8 Å². The molecule has 1 aromatic carbocycles. The Morgan fingerprint density at radius 3 is 2.40 bits per heavy atom. The van der Waals surface area contributed by atoms with Gasteiger partial charge in [0.15, 0.2) is 0 Å². The highest BCUT2D eigenvalue weighted by Gasteiger charge is 2.13. The van der Waals surface area contributed by atoms with Crippen LogP contribution in [0.15, 0.2) is 18.2 Å². The van der Waals surface area contributed by atoms with Crippen LogP contribution < -0.4 is 0 Å². The zero-order valence-corrected chi connectivity index (χ0v) is 11.2. The molecule has 2 atom stereocenters. The third kappa shape index (κ3) is 3.86. The Morgan fingerprint density at radius 2 is 1.87 bits per heavy atom. The van der Waals surface area contributed by atoms with Crippen LogP contribution in [0.3, 0.4) is 0 Å². The first-order chi connectivity index (χ1) is 7.04. The van der Waals surface area contributed by atoms with E-state index in [9.17, 15) is 0 Å². The Hall–Kier alpha value is 0.0900. The molecule has 0 nitrogen and oxygen atoms in total. The standard InChI is InChI=1S/C12H15Cl3/c1-3-8(2)11(14)6-9-4-5-10(13)12(15)7-9/h4-5,7-8,11H,3,6H2,1-2H3. The zero-order valence-electron chi connectivity index (χ0n) is 8.93. The van der Waals surface area contributed by atoms with Gasteiger partial charge in [0.1, 0.15) is 0 Å². The van der Waals surface area contributed by atoms with Gasteiger partial charge >= 0.3 is 0 Å². The molecular weight excluding hydrogens is 250 g/mol. The molecule has 0 aliphatic heterocycles. The lowest BCUT2D eigenvalue weighted by Gasteiger charge is -2.16. The van der Waals surface area contributed by atoms with Crippen LogP contribution in [0.4, 0.5) is 0 Å². The normalized spacial score (nSPS) is 15.0. The fourth-order valence-electron chi connectivity index (χ4n) is 1.35. The van der Waals surface area contributed by atoms with E-state index in [-0.39, 0.29) is 5.38 Å².